The molecule has 0 bridgehead atoms. The van der Waals surface area contributed by atoms with Gasteiger partial charge in [-0.2, -0.15) is 0 Å². The molecule has 1 aromatic carbocycles. The third-order valence-corrected chi connectivity index (χ3v) is 2.54. The van der Waals surface area contributed by atoms with Crippen LogP contribution in [0.15, 0.2) is 12.1 Å². The van der Waals surface area contributed by atoms with Gasteiger partial charge in [0.25, 0.3) is 0 Å². The van der Waals surface area contributed by atoms with E-state index in [9.17, 15) is 0 Å². The number of ether oxygens (including phenoxy) is 1. The van der Waals surface area contributed by atoms with Crippen molar-refractivity contribution >= 4 is 0 Å². The lowest BCUT2D eigenvalue weighted by Gasteiger charge is -2.14. The molecular formula is C13H20O2. The first kappa shape index (κ1) is 12.1. The fourth-order valence-electron chi connectivity index (χ4n) is 1.75. The van der Waals surface area contributed by atoms with Gasteiger partial charge in [0.15, 0.2) is 0 Å². The summed E-state index contributed by atoms with van der Waals surface area (Å²) < 4.78 is 5.56. The molecule has 0 radical (unpaired) electrons. The molecule has 0 aliphatic rings. The normalized spacial score (nSPS) is 10.4. The van der Waals surface area contributed by atoms with E-state index < -0.39 is 0 Å². The number of aryl methyl sites for hydroxylation is 3. The van der Waals surface area contributed by atoms with E-state index in [4.69, 9.17) is 9.84 Å². The molecule has 0 aliphatic carbocycles. The van der Waals surface area contributed by atoms with Crippen LogP contribution >= 0.6 is 0 Å². The number of benzene rings is 1. The summed E-state index contributed by atoms with van der Waals surface area (Å²) in [6.07, 6.45) is 2.02. The van der Waals surface area contributed by atoms with Gasteiger partial charge in [-0.15, -0.1) is 0 Å². The van der Waals surface area contributed by atoms with Gasteiger partial charge < -0.3 is 9.84 Å². The molecule has 0 unspecified atom stereocenters. The molecule has 0 spiro atoms. The SMILES string of the molecule is CCc1cc(C)c(OCCO)c(CC)c1. The van der Waals surface area contributed by atoms with Crippen LogP contribution in [0.25, 0.3) is 0 Å². The van der Waals surface area contributed by atoms with Crippen molar-refractivity contribution in [3.8, 4) is 5.75 Å². The predicted molar refractivity (Wildman–Crippen MR) is 62.5 cm³/mol. The summed E-state index contributed by atoms with van der Waals surface area (Å²) >= 11 is 0. The molecule has 1 N–H and O–H groups in total. The molecule has 15 heavy (non-hydrogen) atoms. The Morgan fingerprint density at radius 1 is 1.20 bits per heavy atom. The minimum absolute atomic E-state index is 0.0676. The molecule has 0 aliphatic heterocycles. The predicted octanol–water partition coefficient (Wildman–Crippen LogP) is 2.49. The maximum absolute atomic E-state index is 8.76. The van der Waals surface area contributed by atoms with Crippen LogP contribution < -0.4 is 4.74 Å². The molecule has 0 fully saturated rings. The average molecular weight is 208 g/mol. The van der Waals surface area contributed by atoms with Crippen molar-refractivity contribution in [2.24, 2.45) is 0 Å². The van der Waals surface area contributed by atoms with Crippen LogP contribution in [0, 0.1) is 6.92 Å². The molecule has 0 saturated carbocycles. The molecule has 84 valence electrons. The molecule has 0 atom stereocenters. The first-order chi connectivity index (χ1) is 7.22. The second-order valence-electron chi connectivity index (χ2n) is 3.68. The number of aliphatic hydroxyl groups excluding tert-OH is 1. The molecule has 0 heterocycles. The Labute approximate surface area is 91.9 Å². The number of aliphatic hydroxyl groups is 1. The zero-order chi connectivity index (χ0) is 11.3. The Morgan fingerprint density at radius 2 is 1.93 bits per heavy atom. The van der Waals surface area contributed by atoms with Gasteiger partial charge >= 0.3 is 0 Å². The first-order valence-electron chi connectivity index (χ1n) is 5.59. The Bertz CT molecular complexity index is 319. The minimum Gasteiger partial charge on any atom is -0.491 e. The minimum atomic E-state index is 0.0676. The molecule has 0 aromatic heterocycles. The Balaban J connectivity index is 3.01. The van der Waals surface area contributed by atoms with Gasteiger partial charge in [-0.3, -0.25) is 0 Å². The van der Waals surface area contributed by atoms with Crippen LogP contribution in [0.3, 0.4) is 0 Å². The van der Waals surface area contributed by atoms with Crippen molar-refractivity contribution in [2.45, 2.75) is 33.6 Å². The van der Waals surface area contributed by atoms with Crippen molar-refractivity contribution < 1.29 is 9.84 Å². The van der Waals surface area contributed by atoms with Crippen molar-refractivity contribution in [3.05, 3.63) is 28.8 Å². The van der Waals surface area contributed by atoms with E-state index in [0.29, 0.717) is 6.61 Å². The molecule has 1 aromatic rings. The third-order valence-electron chi connectivity index (χ3n) is 2.54. The van der Waals surface area contributed by atoms with Gasteiger partial charge in [-0.1, -0.05) is 26.0 Å². The highest BCUT2D eigenvalue weighted by Crippen LogP contribution is 2.26. The molecule has 2 heteroatoms. The molecular weight excluding hydrogens is 188 g/mol. The molecule has 0 saturated heterocycles. The monoisotopic (exact) mass is 208 g/mol. The van der Waals surface area contributed by atoms with Gasteiger partial charge in [0.2, 0.25) is 0 Å². The van der Waals surface area contributed by atoms with Gasteiger partial charge in [0.05, 0.1) is 6.61 Å². The van der Waals surface area contributed by atoms with Crippen LogP contribution in [0.5, 0.6) is 5.75 Å². The highest BCUT2D eigenvalue weighted by atomic mass is 16.5. The smallest absolute Gasteiger partial charge is 0.125 e. The van der Waals surface area contributed by atoms with Gasteiger partial charge in [-0.25, -0.2) is 0 Å². The summed E-state index contributed by atoms with van der Waals surface area (Å²) in [7, 11) is 0. The maximum Gasteiger partial charge on any atom is 0.125 e. The van der Waals surface area contributed by atoms with Crippen LogP contribution in [-0.2, 0) is 12.8 Å². The second-order valence-corrected chi connectivity index (χ2v) is 3.68. The van der Waals surface area contributed by atoms with E-state index in [1.54, 1.807) is 0 Å². The molecule has 0 amide bonds. The van der Waals surface area contributed by atoms with Crippen molar-refractivity contribution in [1.29, 1.82) is 0 Å². The maximum atomic E-state index is 8.76. The molecule has 2 nitrogen and oxygen atoms in total. The van der Waals surface area contributed by atoms with E-state index in [1.807, 2.05) is 0 Å². The van der Waals surface area contributed by atoms with E-state index >= 15 is 0 Å². The van der Waals surface area contributed by atoms with Crippen LogP contribution in [-0.4, -0.2) is 18.3 Å². The zero-order valence-electron chi connectivity index (χ0n) is 9.84. The van der Waals surface area contributed by atoms with Crippen LogP contribution in [0.2, 0.25) is 0 Å². The zero-order valence-corrected chi connectivity index (χ0v) is 9.84. The summed E-state index contributed by atoms with van der Waals surface area (Å²) in [6, 6.07) is 4.35. The van der Waals surface area contributed by atoms with Crippen molar-refractivity contribution in [2.75, 3.05) is 13.2 Å². The van der Waals surface area contributed by atoms with Gasteiger partial charge in [-0.05, 0) is 36.5 Å². The lowest BCUT2D eigenvalue weighted by atomic mass is 10.0. The summed E-state index contributed by atoms with van der Waals surface area (Å²) in [5.41, 5.74) is 3.75. The van der Waals surface area contributed by atoms with E-state index in [1.165, 1.54) is 16.7 Å². The van der Waals surface area contributed by atoms with Crippen LogP contribution in [0.1, 0.15) is 30.5 Å². The molecule has 1 rings (SSSR count). The van der Waals surface area contributed by atoms with Crippen molar-refractivity contribution in [1.82, 2.24) is 0 Å². The average Bonchev–Trinajstić information content (AvgIpc) is 2.26. The fraction of sp³-hybridized carbons (Fsp3) is 0.538. The summed E-state index contributed by atoms with van der Waals surface area (Å²) in [6.45, 7) is 6.78. The Morgan fingerprint density at radius 3 is 2.47 bits per heavy atom. The number of hydrogen-bond donors (Lipinski definition) is 1. The lowest BCUT2D eigenvalue weighted by Crippen LogP contribution is -2.05. The lowest BCUT2D eigenvalue weighted by molar-refractivity contribution is 0.199. The summed E-state index contributed by atoms with van der Waals surface area (Å²) in [5.74, 6) is 0.948. The first-order valence-corrected chi connectivity index (χ1v) is 5.59. The second kappa shape index (κ2) is 5.76. The summed E-state index contributed by atoms with van der Waals surface area (Å²) in [4.78, 5) is 0. The van der Waals surface area contributed by atoms with Gasteiger partial charge in [0, 0.05) is 0 Å². The topological polar surface area (TPSA) is 29.5 Å². The largest absolute Gasteiger partial charge is 0.491 e. The third kappa shape index (κ3) is 2.96. The van der Waals surface area contributed by atoms with Crippen LogP contribution in [0.4, 0.5) is 0 Å². The van der Waals surface area contributed by atoms with E-state index in [-0.39, 0.29) is 6.61 Å². The quantitative estimate of drug-likeness (QED) is 0.805. The number of hydrogen-bond acceptors (Lipinski definition) is 2. The van der Waals surface area contributed by atoms with Crippen molar-refractivity contribution in [3.63, 3.8) is 0 Å². The highest BCUT2D eigenvalue weighted by Gasteiger charge is 2.07. The standard InChI is InChI=1S/C13H20O2/c1-4-11-8-10(3)13(15-7-6-14)12(5-2)9-11/h8-9,14H,4-7H2,1-3H3. The Hall–Kier alpha value is -1.02. The Kier molecular flexibility index (Phi) is 4.63. The van der Waals surface area contributed by atoms with E-state index in [2.05, 4.69) is 32.9 Å². The van der Waals surface area contributed by atoms with Gasteiger partial charge in [0.1, 0.15) is 12.4 Å². The number of rotatable bonds is 5. The highest BCUT2D eigenvalue weighted by molar-refractivity contribution is 5.44. The fourth-order valence-corrected chi connectivity index (χ4v) is 1.75. The van der Waals surface area contributed by atoms with E-state index in [0.717, 1.165) is 18.6 Å². The summed E-state index contributed by atoms with van der Waals surface area (Å²) in [5, 5.41) is 8.76.